The normalized spacial score (nSPS) is 14.7. The first-order valence-electron chi connectivity index (χ1n) is 7.63. The van der Waals surface area contributed by atoms with Gasteiger partial charge in [0.15, 0.2) is 0 Å². The van der Waals surface area contributed by atoms with Crippen molar-refractivity contribution in [2.45, 2.75) is 25.7 Å². The summed E-state index contributed by atoms with van der Waals surface area (Å²) in [6.07, 6.45) is 4.47. The maximum Gasteiger partial charge on any atom is 0.0458 e. The van der Waals surface area contributed by atoms with E-state index in [4.69, 9.17) is 17.3 Å². The summed E-state index contributed by atoms with van der Waals surface area (Å²) in [4.78, 5) is 2.42. The molecule has 1 aliphatic rings. The van der Waals surface area contributed by atoms with Crippen molar-refractivity contribution in [3.8, 4) is 0 Å². The minimum atomic E-state index is 0.657. The molecule has 1 aliphatic heterocycles. The number of anilines is 2. The van der Waals surface area contributed by atoms with Gasteiger partial charge in [-0.05, 0) is 61.6 Å². The lowest BCUT2D eigenvalue weighted by Crippen LogP contribution is -2.20. The summed E-state index contributed by atoms with van der Waals surface area (Å²) in [7, 11) is 0. The summed E-state index contributed by atoms with van der Waals surface area (Å²) in [6, 6.07) is 14.8. The highest BCUT2D eigenvalue weighted by molar-refractivity contribution is 6.30. The van der Waals surface area contributed by atoms with Crippen LogP contribution in [0.15, 0.2) is 42.5 Å². The second-order valence-electron chi connectivity index (χ2n) is 5.55. The summed E-state index contributed by atoms with van der Waals surface area (Å²) < 4.78 is 0. The lowest BCUT2D eigenvalue weighted by atomic mass is 10.1. The maximum atomic E-state index is 6.25. The van der Waals surface area contributed by atoms with Gasteiger partial charge in [0.1, 0.15) is 0 Å². The minimum absolute atomic E-state index is 0.657. The van der Waals surface area contributed by atoms with Crippen LogP contribution in [0.3, 0.4) is 0 Å². The van der Waals surface area contributed by atoms with Gasteiger partial charge in [-0.2, -0.15) is 0 Å². The predicted octanol–water partition coefficient (Wildman–Crippen LogP) is 4.32. The van der Waals surface area contributed by atoms with E-state index in [9.17, 15) is 0 Å². The van der Waals surface area contributed by atoms with Gasteiger partial charge in [0.2, 0.25) is 0 Å². The SMILES string of the molecule is NCCc1ccc(Cl)cc1N1CCCCc2ccccc21. The van der Waals surface area contributed by atoms with Crippen molar-refractivity contribution < 1.29 is 0 Å². The Bertz CT molecular complexity index is 624. The van der Waals surface area contributed by atoms with E-state index in [1.807, 2.05) is 6.07 Å². The van der Waals surface area contributed by atoms with Gasteiger partial charge in [-0.25, -0.2) is 0 Å². The van der Waals surface area contributed by atoms with Crippen LogP contribution in [-0.4, -0.2) is 13.1 Å². The van der Waals surface area contributed by atoms with Crippen LogP contribution in [0, 0.1) is 0 Å². The zero-order chi connectivity index (χ0) is 14.7. The van der Waals surface area contributed by atoms with Crippen LogP contribution in [-0.2, 0) is 12.8 Å². The van der Waals surface area contributed by atoms with Crippen LogP contribution in [0.5, 0.6) is 0 Å². The van der Waals surface area contributed by atoms with E-state index in [-0.39, 0.29) is 0 Å². The summed E-state index contributed by atoms with van der Waals surface area (Å²) in [5, 5.41) is 0.785. The number of fused-ring (bicyclic) bond motifs is 1. The molecule has 0 unspecified atom stereocenters. The molecule has 0 fully saturated rings. The Morgan fingerprint density at radius 1 is 1.05 bits per heavy atom. The number of para-hydroxylation sites is 1. The molecule has 3 heteroatoms. The first-order valence-corrected chi connectivity index (χ1v) is 8.01. The molecule has 2 aromatic carbocycles. The Labute approximate surface area is 131 Å². The predicted molar refractivity (Wildman–Crippen MR) is 90.6 cm³/mol. The molecule has 0 atom stereocenters. The zero-order valence-corrected chi connectivity index (χ0v) is 12.9. The van der Waals surface area contributed by atoms with E-state index in [1.165, 1.54) is 35.3 Å². The standard InChI is InChI=1S/C18H21ClN2/c19-16-9-8-15(10-11-20)18(13-16)21-12-4-3-6-14-5-1-2-7-17(14)21/h1-2,5,7-9,13H,3-4,6,10-12,20H2. The van der Waals surface area contributed by atoms with Crippen molar-refractivity contribution in [2.75, 3.05) is 18.0 Å². The highest BCUT2D eigenvalue weighted by Gasteiger charge is 2.18. The second kappa shape index (κ2) is 6.50. The molecule has 1 heterocycles. The van der Waals surface area contributed by atoms with Crippen molar-refractivity contribution >= 4 is 23.0 Å². The van der Waals surface area contributed by atoms with E-state index < -0.39 is 0 Å². The van der Waals surface area contributed by atoms with E-state index in [0.717, 1.165) is 24.4 Å². The molecule has 0 aliphatic carbocycles. The Balaban J connectivity index is 2.09. The molecule has 0 spiro atoms. The number of rotatable bonds is 3. The fourth-order valence-corrected chi connectivity index (χ4v) is 3.26. The van der Waals surface area contributed by atoms with Crippen LogP contribution < -0.4 is 10.6 Å². The lowest BCUT2D eigenvalue weighted by molar-refractivity contribution is 0.759. The molecule has 3 rings (SSSR count). The molecular formula is C18H21ClN2. The molecule has 0 radical (unpaired) electrons. The van der Waals surface area contributed by atoms with Gasteiger partial charge in [-0.1, -0.05) is 35.9 Å². The Morgan fingerprint density at radius 2 is 1.90 bits per heavy atom. The average Bonchev–Trinajstić information content (AvgIpc) is 2.72. The summed E-state index contributed by atoms with van der Waals surface area (Å²) in [6.45, 7) is 1.69. The Hall–Kier alpha value is -1.51. The molecule has 2 N–H and O–H groups in total. The highest BCUT2D eigenvalue weighted by atomic mass is 35.5. The van der Waals surface area contributed by atoms with Crippen molar-refractivity contribution in [2.24, 2.45) is 5.73 Å². The van der Waals surface area contributed by atoms with E-state index in [2.05, 4.69) is 41.3 Å². The third-order valence-electron chi connectivity index (χ3n) is 4.11. The van der Waals surface area contributed by atoms with E-state index in [0.29, 0.717) is 6.54 Å². The zero-order valence-electron chi connectivity index (χ0n) is 12.2. The molecule has 0 aromatic heterocycles. The van der Waals surface area contributed by atoms with Gasteiger partial charge in [-0.3, -0.25) is 0 Å². The van der Waals surface area contributed by atoms with Crippen LogP contribution >= 0.6 is 11.6 Å². The molecule has 0 amide bonds. The number of nitrogens with zero attached hydrogens (tertiary/aromatic N) is 1. The largest absolute Gasteiger partial charge is 0.341 e. The quantitative estimate of drug-likeness (QED) is 0.915. The lowest BCUT2D eigenvalue weighted by Gasteiger charge is -2.27. The van der Waals surface area contributed by atoms with Gasteiger partial charge in [0.25, 0.3) is 0 Å². The average molecular weight is 301 g/mol. The van der Waals surface area contributed by atoms with Crippen molar-refractivity contribution in [1.29, 1.82) is 0 Å². The van der Waals surface area contributed by atoms with Crippen molar-refractivity contribution in [1.82, 2.24) is 0 Å². The number of aryl methyl sites for hydroxylation is 1. The van der Waals surface area contributed by atoms with Gasteiger partial charge in [0.05, 0.1) is 0 Å². The first-order chi connectivity index (χ1) is 10.3. The van der Waals surface area contributed by atoms with Crippen LogP contribution in [0.1, 0.15) is 24.0 Å². The second-order valence-corrected chi connectivity index (χ2v) is 5.99. The van der Waals surface area contributed by atoms with Crippen molar-refractivity contribution in [3.05, 3.63) is 58.6 Å². The van der Waals surface area contributed by atoms with Crippen LogP contribution in [0.4, 0.5) is 11.4 Å². The molecule has 2 nitrogen and oxygen atoms in total. The monoisotopic (exact) mass is 300 g/mol. The molecule has 110 valence electrons. The van der Waals surface area contributed by atoms with Gasteiger partial charge >= 0.3 is 0 Å². The third kappa shape index (κ3) is 3.07. The number of hydrogen-bond donors (Lipinski definition) is 1. The first kappa shape index (κ1) is 14.4. The van der Waals surface area contributed by atoms with Crippen molar-refractivity contribution in [3.63, 3.8) is 0 Å². The Kier molecular flexibility index (Phi) is 4.47. The number of nitrogens with two attached hydrogens (primary N) is 1. The summed E-state index contributed by atoms with van der Waals surface area (Å²) in [5.74, 6) is 0. The minimum Gasteiger partial charge on any atom is -0.341 e. The van der Waals surface area contributed by atoms with Crippen LogP contribution in [0.2, 0.25) is 5.02 Å². The molecule has 0 bridgehead atoms. The third-order valence-corrected chi connectivity index (χ3v) is 4.35. The molecule has 21 heavy (non-hydrogen) atoms. The molecule has 0 saturated heterocycles. The fourth-order valence-electron chi connectivity index (χ4n) is 3.10. The van der Waals surface area contributed by atoms with Gasteiger partial charge < -0.3 is 10.6 Å². The highest BCUT2D eigenvalue weighted by Crippen LogP contribution is 2.35. The smallest absolute Gasteiger partial charge is 0.0458 e. The number of hydrogen-bond acceptors (Lipinski definition) is 2. The van der Waals surface area contributed by atoms with E-state index >= 15 is 0 Å². The summed E-state index contributed by atoms with van der Waals surface area (Å²) in [5.41, 5.74) is 11.0. The molecule has 0 saturated carbocycles. The van der Waals surface area contributed by atoms with Gasteiger partial charge in [0, 0.05) is 22.9 Å². The molecular weight excluding hydrogens is 280 g/mol. The van der Waals surface area contributed by atoms with E-state index in [1.54, 1.807) is 0 Å². The topological polar surface area (TPSA) is 29.3 Å². The number of halogens is 1. The van der Waals surface area contributed by atoms with Gasteiger partial charge in [-0.15, -0.1) is 0 Å². The maximum absolute atomic E-state index is 6.25. The number of benzene rings is 2. The molecule has 2 aromatic rings. The fraction of sp³-hybridized carbons (Fsp3) is 0.333. The Morgan fingerprint density at radius 3 is 2.76 bits per heavy atom. The van der Waals surface area contributed by atoms with Crippen LogP contribution in [0.25, 0.3) is 0 Å². The summed E-state index contributed by atoms with van der Waals surface area (Å²) >= 11 is 6.25.